The van der Waals surface area contributed by atoms with Crippen LogP contribution in [0.4, 0.5) is 0 Å². The molecule has 0 heterocycles. The molecule has 1 unspecified atom stereocenters. The average Bonchev–Trinajstić information content (AvgIpc) is 1.86. The van der Waals surface area contributed by atoms with Crippen molar-refractivity contribution >= 4 is 17.7 Å². The first kappa shape index (κ1) is 11.5. The van der Waals surface area contributed by atoms with Gasteiger partial charge in [0.2, 0.25) is 10.9 Å². The minimum absolute atomic E-state index is 0.0719. The molecule has 0 aliphatic heterocycles. The fourth-order valence-corrected chi connectivity index (χ4v) is 3.16. The molecule has 0 aromatic carbocycles. The van der Waals surface area contributed by atoms with Gasteiger partial charge in [0, 0.05) is 0 Å². The van der Waals surface area contributed by atoms with Crippen LogP contribution in [0.3, 0.4) is 0 Å². The molecule has 0 aliphatic carbocycles. The fourth-order valence-electron chi connectivity index (χ4n) is 0.508. The van der Waals surface area contributed by atoms with Gasteiger partial charge in [-0.1, -0.05) is 6.92 Å². The predicted molar refractivity (Wildman–Crippen MR) is 50.1 cm³/mol. The van der Waals surface area contributed by atoms with Gasteiger partial charge in [-0.3, -0.25) is 14.3 Å². The molecule has 11 heavy (non-hydrogen) atoms. The van der Waals surface area contributed by atoms with Gasteiger partial charge in [0.25, 0.3) is 0 Å². The molecular formula is C6H16O3PS+. The van der Waals surface area contributed by atoms with E-state index in [1.165, 1.54) is 0 Å². The Labute approximate surface area is 71.6 Å². The zero-order chi connectivity index (χ0) is 8.91. The largest absolute Gasteiger partial charge is 0.517 e. The van der Waals surface area contributed by atoms with Crippen molar-refractivity contribution < 1.29 is 14.3 Å². The highest BCUT2D eigenvalue weighted by molar-refractivity contribution is 8.16. The molecule has 3 nitrogen and oxygen atoms in total. The molecule has 0 aromatic rings. The minimum Gasteiger partial charge on any atom is -0.289 e. The maximum absolute atomic E-state index is 9.22. The molecule has 0 rings (SSSR count). The molecule has 0 spiro atoms. The van der Waals surface area contributed by atoms with Crippen molar-refractivity contribution in [3.63, 3.8) is 0 Å². The van der Waals surface area contributed by atoms with E-state index in [0.717, 1.165) is 17.4 Å². The van der Waals surface area contributed by atoms with Crippen molar-refractivity contribution in [2.75, 3.05) is 5.75 Å². The molecule has 1 atom stereocenters. The first-order valence-electron chi connectivity index (χ1n) is 3.69. The zero-order valence-electron chi connectivity index (χ0n) is 7.15. The number of rotatable bonds is 4. The molecule has 0 saturated heterocycles. The third-order valence-electron chi connectivity index (χ3n) is 1.19. The summed E-state index contributed by atoms with van der Waals surface area (Å²) in [6, 6.07) is 0. The molecule has 2 N–H and O–H groups in total. The third-order valence-corrected chi connectivity index (χ3v) is 4.46. The van der Waals surface area contributed by atoms with Crippen LogP contribution < -0.4 is 0 Å². The van der Waals surface area contributed by atoms with E-state index >= 15 is 0 Å². The van der Waals surface area contributed by atoms with Gasteiger partial charge in [0.1, 0.15) is 0 Å². The van der Waals surface area contributed by atoms with Gasteiger partial charge >= 0.3 is 6.72 Å². The number of hydrogen-bond acceptors (Lipinski definition) is 1. The van der Waals surface area contributed by atoms with Gasteiger partial charge < -0.3 is 0 Å². The Morgan fingerprint density at radius 1 is 1.45 bits per heavy atom. The van der Waals surface area contributed by atoms with Gasteiger partial charge in [-0.15, -0.1) is 0 Å². The fraction of sp³-hybridized carbons (Fsp3) is 1.00. The average molecular weight is 199 g/mol. The molecule has 68 valence electrons. The molecule has 0 amide bonds. The number of hydrogen-bond donors (Lipinski definition) is 2. The topological polar surface area (TPSA) is 49.7 Å². The summed E-state index contributed by atoms with van der Waals surface area (Å²) in [7, 11) is 1.08. The molecule has 0 bridgehead atoms. The monoisotopic (exact) mass is 199 g/mol. The van der Waals surface area contributed by atoms with Crippen molar-refractivity contribution in [1.29, 1.82) is 0 Å². The summed E-state index contributed by atoms with van der Waals surface area (Å²) in [5, 5.41) is 0. The second-order valence-corrected chi connectivity index (χ2v) is 6.46. The quantitative estimate of drug-likeness (QED) is 0.533. The van der Waals surface area contributed by atoms with Crippen LogP contribution in [0.5, 0.6) is 0 Å². The molecule has 0 saturated carbocycles. The van der Waals surface area contributed by atoms with Gasteiger partial charge in [-0.05, 0) is 20.3 Å². The summed E-state index contributed by atoms with van der Waals surface area (Å²) in [5.74, 6) is 0.664. The van der Waals surface area contributed by atoms with E-state index in [0.29, 0.717) is 5.75 Å². The summed E-state index contributed by atoms with van der Waals surface area (Å²) in [5.41, 5.74) is 0. The van der Waals surface area contributed by atoms with E-state index in [-0.39, 0.29) is 6.10 Å². The Hall–Kier alpha value is 0.530. The molecule has 0 aliphatic rings. The van der Waals surface area contributed by atoms with Crippen LogP contribution in [-0.4, -0.2) is 21.6 Å². The Morgan fingerprint density at radius 3 is 2.36 bits per heavy atom. The predicted octanol–water partition coefficient (Wildman–Crippen LogP) is 1.57. The smallest absolute Gasteiger partial charge is 0.289 e. The molecule has 0 fully saturated rings. The van der Waals surface area contributed by atoms with Crippen LogP contribution in [0, 0.1) is 0 Å². The maximum Gasteiger partial charge on any atom is 0.517 e. The standard InChI is InChI=1S/C6H16O3PS/c1-4-6(3)9-10(7,8)11-5-2/h6-8H,4-5H2,1-3H3/q+1. The molecular weight excluding hydrogens is 183 g/mol. The zero-order valence-corrected chi connectivity index (χ0v) is 8.86. The van der Waals surface area contributed by atoms with Gasteiger partial charge in [0.05, 0.1) is 6.10 Å². The van der Waals surface area contributed by atoms with Gasteiger partial charge in [-0.25, -0.2) is 0 Å². The maximum atomic E-state index is 9.22. The van der Waals surface area contributed by atoms with Crippen molar-refractivity contribution in [2.45, 2.75) is 33.3 Å². The summed E-state index contributed by atoms with van der Waals surface area (Å²) in [4.78, 5) is 18.4. The van der Waals surface area contributed by atoms with E-state index in [1.807, 2.05) is 20.8 Å². The lowest BCUT2D eigenvalue weighted by molar-refractivity contribution is 0.180. The summed E-state index contributed by atoms with van der Waals surface area (Å²) >= 11 is 0. The van der Waals surface area contributed by atoms with Gasteiger partial charge in [-0.2, -0.15) is 0 Å². The van der Waals surface area contributed by atoms with Gasteiger partial charge in [0.15, 0.2) is 5.75 Å². The SMILES string of the molecule is CC[S+]=P(O)(O)OC(C)CC. The van der Waals surface area contributed by atoms with E-state index in [1.54, 1.807) is 0 Å². The van der Waals surface area contributed by atoms with Crippen molar-refractivity contribution in [3.05, 3.63) is 0 Å². The Morgan fingerprint density at radius 2 is 2.00 bits per heavy atom. The van der Waals surface area contributed by atoms with E-state index in [2.05, 4.69) is 0 Å². The highest BCUT2D eigenvalue weighted by Crippen LogP contribution is 2.41. The summed E-state index contributed by atoms with van der Waals surface area (Å²) in [6.07, 6.45) is 0.727. The summed E-state index contributed by atoms with van der Waals surface area (Å²) in [6.45, 7) is 2.54. The second-order valence-electron chi connectivity index (χ2n) is 2.23. The first-order valence-corrected chi connectivity index (χ1v) is 6.89. The lowest BCUT2D eigenvalue weighted by atomic mass is 10.3. The van der Waals surface area contributed by atoms with Crippen LogP contribution in [0.15, 0.2) is 0 Å². The third kappa shape index (κ3) is 5.76. The molecule has 5 heteroatoms. The molecule has 0 aromatic heterocycles. The van der Waals surface area contributed by atoms with E-state index in [9.17, 15) is 9.79 Å². The van der Waals surface area contributed by atoms with Crippen molar-refractivity contribution in [1.82, 2.24) is 0 Å². The first-order chi connectivity index (χ1) is 5.02. The van der Waals surface area contributed by atoms with E-state index < -0.39 is 6.72 Å². The van der Waals surface area contributed by atoms with E-state index in [4.69, 9.17) is 4.52 Å². The Kier molecular flexibility index (Phi) is 5.48. The minimum atomic E-state index is -3.10. The van der Waals surface area contributed by atoms with Crippen LogP contribution >= 0.6 is 6.72 Å². The van der Waals surface area contributed by atoms with Crippen molar-refractivity contribution in [3.8, 4) is 0 Å². The Balaban J connectivity index is 4.01. The summed E-state index contributed by atoms with van der Waals surface area (Å²) < 4.78 is 5.01. The molecule has 0 radical (unpaired) electrons. The normalized spacial score (nSPS) is 14.6. The van der Waals surface area contributed by atoms with Crippen LogP contribution in [0.1, 0.15) is 27.2 Å². The highest BCUT2D eigenvalue weighted by atomic mass is 32.5. The lowest BCUT2D eigenvalue weighted by Gasteiger charge is -2.08. The van der Waals surface area contributed by atoms with Crippen LogP contribution in [0.2, 0.25) is 0 Å². The van der Waals surface area contributed by atoms with Crippen molar-refractivity contribution in [2.24, 2.45) is 0 Å². The van der Waals surface area contributed by atoms with Crippen LogP contribution in [-0.2, 0) is 15.5 Å². The highest BCUT2D eigenvalue weighted by Gasteiger charge is 2.26. The second kappa shape index (κ2) is 5.22. The van der Waals surface area contributed by atoms with Crippen LogP contribution in [0.25, 0.3) is 0 Å². The Bertz CT molecular complexity index is 154. The lowest BCUT2D eigenvalue weighted by Crippen LogP contribution is -2.04.